The summed E-state index contributed by atoms with van der Waals surface area (Å²) in [6.07, 6.45) is 2.19. The van der Waals surface area contributed by atoms with Gasteiger partial charge in [0.05, 0.1) is 20.2 Å². The van der Waals surface area contributed by atoms with Gasteiger partial charge in [-0.1, -0.05) is 12.1 Å². The molecular formula is C22H28N4O+2. The van der Waals surface area contributed by atoms with E-state index < -0.39 is 0 Å². The van der Waals surface area contributed by atoms with Gasteiger partial charge in [0.15, 0.2) is 0 Å². The molecule has 27 heavy (non-hydrogen) atoms. The van der Waals surface area contributed by atoms with Crippen LogP contribution in [0.5, 0.6) is 5.75 Å². The minimum atomic E-state index is 0.875. The molecular weight excluding hydrogens is 336 g/mol. The predicted molar refractivity (Wildman–Crippen MR) is 108 cm³/mol. The number of methoxy groups -OCH3 is 1. The molecule has 2 N–H and O–H groups in total. The molecule has 4 aromatic rings. The van der Waals surface area contributed by atoms with Crippen LogP contribution in [0, 0.1) is 0 Å². The number of rotatable bonds is 7. The Morgan fingerprint density at radius 1 is 1.04 bits per heavy atom. The molecule has 0 bridgehead atoms. The smallest absolute Gasteiger partial charge is 0.368 e. The Labute approximate surface area is 159 Å². The normalized spacial score (nSPS) is 11.7. The summed E-state index contributed by atoms with van der Waals surface area (Å²) in [4.78, 5) is 5.26. The zero-order chi connectivity index (χ0) is 18.8. The topological polar surface area (TPSA) is 37.8 Å². The van der Waals surface area contributed by atoms with Crippen LogP contribution in [0.2, 0.25) is 0 Å². The molecule has 0 saturated heterocycles. The number of fused-ring (bicyclic) bond motifs is 3. The molecule has 2 aromatic heterocycles. The van der Waals surface area contributed by atoms with Gasteiger partial charge >= 0.3 is 5.78 Å². The summed E-state index contributed by atoms with van der Waals surface area (Å²) < 4.78 is 9.96. The number of hydrogen-bond donors (Lipinski definition) is 2. The van der Waals surface area contributed by atoms with E-state index in [2.05, 4.69) is 70.4 Å². The van der Waals surface area contributed by atoms with Crippen molar-refractivity contribution >= 4 is 16.8 Å². The number of benzene rings is 2. The first-order valence-electron chi connectivity index (χ1n) is 9.74. The van der Waals surface area contributed by atoms with Crippen LogP contribution in [0.1, 0.15) is 13.8 Å². The highest BCUT2D eigenvalue weighted by Gasteiger charge is 2.22. The number of H-pyrrole nitrogens is 1. The maximum absolute atomic E-state index is 5.28. The van der Waals surface area contributed by atoms with Crippen molar-refractivity contribution in [3.63, 3.8) is 0 Å². The van der Waals surface area contributed by atoms with E-state index in [1.807, 2.05) is 12.1 Å². The lowest BCUT2D eigenvalue weighted by atomic mass is 10.2. The van der Waals surface area contributed by atoms with Gasteiger partial charge in [-0.3, -0.25) is 0 Å². The number of nitrogens with one attached hydrogen (secondary N) is 2. The Bertz CT molecular complexity index is 1040. The van der Waals surface area contributed by atoms with Gasteiger partial charge in [0.1, 0.15) is 41.8 Å². The molecule has 0 amide bonds. The highest BCUT2D eigenvalue weighted by Crippen LogP contribution is 2.24. The largest absolute Gasteiger partial charge is 0.497 e. The van der Waals surface area contributed by atoms with E-state index in [9.17, 15) is 0 Å². The van der Waals surface area contributed by atoms with Gasteiger partial charge in [0.2, 0.25) is 0 Å². The van der Waals surface area contributed by atoms with Crippen LogP contribution in [-0.4, -0.2) is 36.1 Å². The maximum atomic E-state index is 5.28. The molecule has 5 nitrogen and oxygen atoms in total. The Kier molecular flexibility index (Phi) is 4.86. The third-order valence-electron chi connectivity index (χ3n) is 5.51. The number of imidazole rings is 2. The second-order valence-corrected chi connectivity index (χ2v) is 6.94. The van der Waals surface area contributed by atoms with Crippen LogP contribution in [-0.2, 0) is 6.54 Å². The van der Waals surface area contributed by atoms with Crippen molar-refractivity contribution in [1.29, 1.82) is 0 Å². The molecule has 2 heterocycles. The van der Waals surface area contributed by atoms with Gasteiger partial charge in [0.25, 0.3) is 0 Å². The second kappa shape index (κ2) is 7.45. The van der Waals surface area contributed by atoms with Crippen molar-refractivity contribution < 1.29 is 14.2 Å². The summed E-state index contributed by atoms with van der Waals surface area (Å²) in [7, 11) is 1.70. The molecule has 140 valence electrons. The van der Waals surface area contributed by atoms with Gasteiger partial charge in [0, 0.05) is 5.56 Å². The van der Waals surface area contributed by atoms with E-state index in [4.69, 9.17) is 4.74 Å². The quantitative estimate of drug-likeness (QED) is 0.485. The van der Waals surface area contributed by atoms with E-state index in [1.165, 1.54) is 11.0 Å². The summed E-state index contributed by atoms with van der Waals surface area (Å²) >= 11 is 0. The number of aromatic amines is 1. The van der Waals surface area contributed by atoms with E-state index in [-0.39, 0.29) is 0 Å². The predicted octanol–water partition coefficient (Wildman–Crippen LogP) is 2.31. The van der Waals surface area contributed by atoms with Crippen molar-refractivity contribution in [2.75, 3.05) is 26.7 Å². The van der Waals surface area contributed by atoms with Crippen LogP contribution in [0.4, 0.5) is 0 Å². The molecule has 0 unspecified atom stereocenters. The van der Waals surface area contributed by atoms with E-state index in [0.29, 0.717) is 0 Å². The first kappa shape index (κ1) is 17.6. The molecule has 0 radical (unpaired) electrons. The zero-order valence-corrected chi connectivity index (χ0v) is 16.3. The summed E-state index contributed by atoms with van der Waals surface area (Å²) in [6.45, 7) is 8.96. The number of ether oxygens (including phenoxy) is 1. The molecule has 5 heteroatoms. The molecule has 0 spiro atoms. The van der Waals surface area contributed by atoms with Crippen molar-refractivity contribution in [2.45, 2.75) is 20.4 Å². The number of aromatic nitrogens is 3. The van der Waals surface area contributed by atoms with Crippen LogP contribution in [0.25, 0.3) is 28.1 Å². The Morgan fingerprint density at radius 2 is 1.78 bits per heavy atom. The lowest BCUT2D eigenvalue weighted by Gasteiger charge is -2.14. The minimum Gasteiger partial charge on any atom is -0.497 e. The number of para-hydroxylation sites is 2. The molecule has 0 saturated carbocycles. The zero-order valence-electron chi connectivity index (χ0n) is 16.3. The number of quaternary nitrogens is 1. The molecule has 0 fully saturated rings. The van der Waals surface area contributed by atoms with Gasteiger partial charge in [-0.15, -0.1) is 0 Å². The van der Waals surface area contributed by atoms with Gasteiger partial charge < -0.3 is 9.64 Å². The average Bonchev–Trinajstić information content (AvgIpc) is 3.27. The lowest BCUT2D eigenvalue weighted by Crippen LogP contribution is -3.12. The van der Waals surface area contributed by atoms with Crippen molar-refractivity contribution in [2.24, 2.45) is 0 Å². The fraction of sp³-hybridized carbons (Fsp3) is 0.318. The highest BCUT2D eigenvalue weighted by atomic mass is 16.5. The van der Waals surface area contributed by atoms with Crippen LogP contribution >= 0.6 is 0 Å². The third-order valence-corrected chi connectivity index (χ3v) is 5.51. The summed E-state index contributed by atoms with van der Waals surface area (Å²) in [5.74, 6) is 2.01. The fourth-order valence-corrected chi connectivity index (χ4v) is 3.81. The fourth-order valence-electron chi connectivity index (χ4n) is 3.81. The Hall–Kier alpha value is -2.79. The van der Waals surface area contributed by atoms with Gasteiger partial charge in [-0.2, -0.15) is 4.40 Å². The summed E-state index contributed by atoms with van der Waals surface area (Å²) in [6, 6.07) is 16.8. The molecule has 4 rings (SSSR count). The number of likely N-dealkylation sites (N-methyl/N-ethyl adjacent to an activating group) is 1. The highest BCUT2D eigenvalue weighted by molar-refractivity contribution is 5.76. The summed E-state index contributed by atoms with van der Waals surface area (Å²) in [5.41, 5.74) is 4.78. The maximum Gasteiger partial charge on any atom is 0.368 e. The third kappa shape index (κ3) is 3.19. The van der Waals surface area contributed by atoms with E-state index >= 15 is 0 Å². The second-order valence-electron chi connectivity index (χ2n) is 6.94. The number of nitrogens with zero attached hydrogens (tertiary/aromatic N) is 2. The standard InChI is InChI=1S/C22H26N4O/c1-4-24(5-2)14-15-25-20-8-6-7-9-21(20)26-16-19(23-22(25)26)17-10-12-18(27-3)13-11-17/h6-13,16H,4-5,14-15H2,1-3H3/p+2. The van der Waals surface area contributed by atoms with Crippen molar-refractivity contribution in [3.8, 4) is 17.0 Å². The monoisotopic (exact) mass is 364 g/mol. The molecule has 0 aliphatic carbocycles. The van der Waals surface area contributed by atoms with E-state index in [1.54, 1.807) is 12.0 Å². The van der Waals surface area contributed by atoms with Crippen LogP contribution in [0.3, 0.4) is 0 Å². The average molecular weight is 364 g/mol. The van der Waals surface area contributed by atoms with Crippen molar-refractivity contribution in [3.05, 3.63) is 54.7 Å². The van der Waals surface area contributed by atoms with Crippen LogP contribution in [0.15, 0.2) is 54.7 Å². The minimum absolute atomic E-state index is 0.875. The molecule has 2 aromatic carbocycles. The van der Waals surface area contributed by atoms with Crippen molar-refractivity contribution in [1.82, 2.24) is 9.38 Å². The molecule has 0 aliphatic heterocycles. The SMILES string of the molecule is CC[NH+](CC)CC[n+]1c2ccccc2n2cc(-c3ccc(OC)cc3)[nH]c21. The van der Waals surface area contributed by atoms with Gasteiger partial charge in [-0.25, -0.2) is 9.55 Å². The lowest BCUT2D eigenvalue weighted by molar-refractivity contribution is -0.912. The van der Waals surface area contributed by atoms with E-state index in [0.717, 1.165) is 49.0 Å². The number of hydrogen-bond acceptors (Lipinski definition) is 1. The Balaban J connectivity index is 1.78. The molecule has 0 atom stereocenters. The first-order valence-corrected chi connectivity index (χ1v) is 9.74. The Morgan fingerprint density at radius 3 is 2.48 bits per heavy atom. The molecule has 0 aliphatic rings. The van der Waals surface area contributed by atoms with Crippen LogP contribution < -0.4 is 14.2 Å². The first-order chi connectivity index (χ1) is 13.2. The summed E-state index contributed by atoms with van der Waals surface area (Å²) in [5, 5.41) is 0. The van der Waals surface area contributed by atoms with Gasteiger partial charge in [-0.05, 0) is 50.2 Å².